The molecule has 0 radical (unpaired) electrons. The van der Waals surface area contributed by atoms with E-state index < -0.39 is 23.6 Å². The summed E-state index contributed by atoms with van der Waals surface area (Å²) >= 11 is 0. The van der Waals surface area contributed by atoms with Crippen LogP contribution < -0.4 is 10.6 Å². The number of anilines is 1. The number of hydrogen-bond donors (Lipinski definition) is 2. The first-order valence-corrected chi connectivity index (χ1v) is 8.81. The molecule has 0 aromatic heterocycles. The summed E-state index contributed by atoms with van der Waals surface area (Å²) in [5.41, 5.74) is 1.12. The summed E-state index contributed by atoms with van der Waals surface area (Å²) in [6.45, 7) is 5.23. The van der Waals surface area contributed by atoms with Crippen LogP contribution in [0.1, 0.15) is 36.7 Å². The Hall–Kier alpha value is -3.35. The maximum atomic E-state index is 12.1. The van der Waals surface area contributed by atoms with Crippen LogP contribution in [-0.2, 0) is 20.9 Å². The van der Waals surface area contributed by atoms with Crippen molar-refractivity contribution < 1.29 is 23.9 Å². The molecule has 0 unspecified atom stereocenters. The van der Waals surface area contributed by atoms with Gasteiger partial charge in [0.1, 0.15) is 18.8 Å². The number of carbonyl (C=O) groups excluding carboxylic acids is 3. The van der Waals surface area contributed by atoms with Gasteiger partial charge in [-0.15, -0.1) is 0 Å². The quantitative estimate of drug-likeness (QED) is 0.744. The van der Waals surface area contributed by atoms with E-state index in [0.717, 1.165) is 5.56 Å². The van der Waals surface area contributed by atoms with Gasteiger partial charge in [0.05, 0.1) is 0 Å². The van der Waals surface area contributed by atoms with Crippen molar-refractivity contribution in [3.63, 3.8) is 0 Å². The second-order valence-electron chi connectivity index (χ2n) is 7.03. The van der Waals surface area contributed by atoms with Gasteiger partial charge in [0.15, 0.2) is 0 Å². The van der Waals surface area contributed by atoms with Gasteiger partial charge in [0, 0.05) is 11.3 Å². The van der Waals surface area contributed by atoms with Crippen molar-refractivity contribution in [2.24, 2.45) is 0 Å². The highest BCUT2D eigenvalue weighted by Crippen LogP contribution is 2.13. The Balaban J connectivity index is 1.77. The Labute approximate surface area is 164 Å². The Morgan fingerprint density at radius 2 is 1.57 bits per heavy atom. The van der Waals surface area contributed by atoms with Crippen LogP contribution in [0.4, 0.5) is 10.5 Å². The molecule has 0 atom stereocenters. The van der Waals surface area contributed by atoms with E-state index in [1.165, 1.54) is 12.1 Å². The van der Waals surface area contributed by atoms with Gasteiger partial charge in [-0.05, 0) is 50.6 Å². The minimum atomic E-state index is -0.598. The van der Waals surface area contributed by atoms with E-state index >= 15 is 0 Å². The molecule has 0 spiro atoms. The smallest absolute Gasteiger partial charge is 0.412 e. The molecule has 0 aliphatic rings. The lowest BCUT2D eigenvalue weighted by Crippen LogP contribution is -2.30. The van der Waals surface area contributed by atoms with Crippen molar-refractivity contribution in [1.82, 2.24) is 5.32 Å². The van der Waals surface area contributed by atoms with E-state index in [2.05, 4.69) is 10.6 Å². The molecule has 2 aromatic carbocycles. The zero-order valence-corrected chi connectivity index (χ0v) is 16.2. The molecule has 7 heteroatoms. The van der Waals surface area contributed by atoms with Gasteiger partial charge in [0.25, 0.3) is 5.91 Å². The maximum absolute atomic E-state index is 12.1. The van der Waals surface area contributed by atoms with Crippen molar-refractivity contribution in [1.29, 1.82) is 0 Å². The molecule has 28 heavy (non-hydrogen) atoms. The first-order chi connectivity index (χ1) is 13.2. The van der Waals surface area contributed by atoms with Crippen molar-refractivity contribution in [3.05, 3.63) is 65.7 Å². The fourth-order valence-corrected chi connectivity index (χ4v) is 2.17. The number of carbonyl (C=O) groups is 3. The lowest BCUT2D eigenvalue weighted by molar-refractivity contribution is -0.143. The third-order valence-electron chi connectivity index (χ3n) is 3.43. The molecule has 0 aliphatic carbocycles. The molecule has 0 heterocycles. The van der Waals surface area contributed by atoms with Crippen molar-refractivity contribution in [2.75, 3.05) is 11.9 Å². The second-order valence-corrected chi connectivity index (χ2v) is 7.03. The minimum absolute atomic E-state index is 0.153. The third kappa shape index (κ3) is 7.49. The molecule has 2 rings (SSSR count). The first-order valence-electron chi connectivity index (χ1n) is 8.81. The Bertz CT molecular complexity index is 811. The van der Waals surface area contributed by atoms with Crippen LogP contribution in [0.3, 0.4) is 0 Å². The summed E-state index contributed by atoms with van der Waals surface area (Å²) in [4.78, 5) is 35.6. The molecule has 7 nitrogen and oxygen atoms in total. The van der Waals surface area contributed by atoms with E-state index in [-0.39, 0.29) is 13.2 Å². The Morgan fingerprint density at radius 3 is 2.18 bits per heavy atom. The van der Waals surface area contributed by atoms with Crippen LogP contribution in [0, 0.1) is 0 Å². The average Bonchev–Trinajstić information content (AvgIpc) is 2.64. The van der Waals surface area contributed by atoms with E-state index in [9.17, 15) is 14.4 Å². The topological polar surface area (TPSA) is 93.7 Å². The summed E-state index contributed by atoms with van der Waals surface area (Å²) in [7, 11) is 0. The molecule has 148 valence electrons. The summed E-state index contributed by atoms with van der Waals surface area (Å²) in [6.07, 6.45) is -0.578. The number of rotatable bonds is 6. The summed E-state index contributed by atoms with van der Waals surface area (Å²) in [6, 6.07) is 15.5. The molecule has 0 bridgehead atoms. The molecule has 0 saturated heterocycles. The number of nitrogens with one attached hydrogen (secondary N) is 2. The zero-order chi connectivity index (χ0) is 20.6. The summed E-state index contributed by atoms with van der Waals surface area (Å²) in [5.74, 6) is -0.944. The van der Waals surface area contributed by atoms with Crippen molar-refractivity contribution >= 4 is 23.7 Å². The largest absolute Gasteiger partial charge is 0.460 e. The minimum Gasteiger partial charge on any atom is -0.460 e. The summed E-state index contributed by atoms with van der Waals surface area (Å²) in [5, 5.41) is 5.08. The van der Waals surface area contributed by atoms with Gasteiger partial charge in [0.2, 0.25) is 0 Å². The molecular formula is C21H24N2O5. The number of hydrogen-bond acceptors (Lipinski definition) is 5. The lowest BCUT2D eigenvalue weighted by Gasteiger charge is -2.19. The Morgan fingerprint density at radius 1 is 0.929 bits per heavy atom. The van der Waals surface area contributed by atoms with Crippen molar-refractivity contribution in [3.8, 4) is 0 Å². The van der Waals surface area contributed by atoms with Crippen LogP contribution >= 0.6 is 0 Å². The molecule has 2 N–H and O–H groups in total. The average molecular weight is 384 g/mol. The first kappa shape index (κ1) is 21.0. The van der Waals surface area contributed by atoms with Crippen LogP contribution in [0.5, 0.6) is 0 Å². The predicted octanol–water partition coefficient (Wildman–Crippen LogP) is 3.51. The van der Waals surface area contributed by atoms with Gasteiger partial charge < -0.3 is 14.8 Å². The molecule has 0 aliphatic heterocycles. The van der Waals surface area contributed by atoms with Crippen LogP contribution in [0.2, 0.25) is 0 Å². The fraction of sp³-hybridized carbons (Fsp3) is 0.286. The van der Waals surface area contributed by atoms with Gasteiger partial charge in [-0.3, -0.25) is 14.9 Å². The number of ether oxygens (including phenoxy) is 2. The van der Waals surface area contributed by atoms with Gasteiger partial charge in [-0.1, -0.05) is 30.3 Å². The van der Waals surface area contributed by atoms with Gasteiger partial charge >= 0.3 is 12.1 Å². The SMILES string of the molecule is CC(C)(C)OC(=O)Nc1ccc(C(=O)NCC(=O)OCc2ccccc2)cc1. The van der Waals surface area contributed by atoms with Crippen LogP contribution in [-0.4, -0.2) is 30.1 Å². The molecule has 0 saturated carbocycles. The second kappa shape index (κ2) is 9.55. The normalized spacial score (nSPS) is 10.7. The zero-order valence-electron chi connectivity index (χ0n) is 16.2. The molecule has 2 aromatic rings. The van der Waals surface area contributed by atoms with E-state index in [1.54, 1.807) is 32.9 Å². The highest BCUT2D eigenvalue weighted by molar-refractivity contribution is 5.96. The highest BCUT2D eigenvalue weighted by Gasteiger charge is 2.16. The third-order valence-corrected chi connectivity index (χ3v) is 3.43. The monoisotopic (exact) mass is 384 g/mol. The Kier molecular flexibility index (Phi) is 7.14. The van der Waals surface area contributed by atoms with Gasteiger partial charge in [-0.2, -0.15) is 0 Å². The predicted molar refractivity (Wildman–Crippen MR) is 105 cm³/mol. The highest BCUT2D eigenvalue weighted by atomic mass is 16.6. The summed E-state index contributed by atoms with van der Waals surface area (Å²) < 4.78 is 10.3. The van der Waals surface area contributed by atoms with Crippen LogP contribution in [0.15, 0.2) is 54.6 Å². The molecule has 2 amide bonds. The van der Waals surface area contributed by atoms with E-state index in [1.807, 2.05) is 30.3 Å². The van der Waals surface area contributed by atoms with Gasteiger partial charge in [-0.25, -0.2) is 4.79 Å². The number of amides is 2. The lowest BCUT2D eigenvalue weighted by atomic mass is 10.2. The van der Waals surface area contributed by atoms with E-state index in [4.69, 9.17) is 9.47 Å². The van der Waals surface area contributed by atoms with E-state index in [0.29, 0.717) is 11.3 Å². The maximum Gasteiger partial charge on any atom is 0.412 e. The standard InChI is InChI=1S/C21H24N2O5/c1-21(2,3)28-20(26)23-17-11-9-16(10-12-17)19(25)22-13-18(24)27-14-15-7-5-4-6-8-15/h4-12H,13-14H2,1-3H3,(H,22,25)(H,23,26). The van der Waals surface area contributed by atoms with Crippen LogP contribution in [0.25, 0.3) is 0 Å². The fourth-order valence-electron chi connectivity index (χ4n) is 2.17. The molecule has 0 fully saturated rings. The van der Waals surface area contributed by atoms with Crippen molar-refractivity contribution in [2.45, 2.75) is 33.0 Å². The number of benzene rings is 2. The number of esters is 1. The molecular weight excluding hydrogens is 360 g/mol.